The summed E-state index contributed by atoms with van der Waals surface area (Å²) in [4.78, 5) is 15.5. The fourth-order valence-electron chi connectivity index (χ4n) is 5.33. The number of ether oxygens (including phenoxy) is 2. The first-order valence-electron chi connectivity index (χ1n) is 11.1. The average molecular weight is 457 g/mol. The minimum Gasteiger partial charge on any atom is -0.486 e. The van der Waals surface area contributed by atoms with Crippen molar-refractivity contribution in [3.05, 3.63) is 47.5 Å². The van der Waals surface area contributed by atoms with Crippen molar-refractivity contribution in [2.75, 3.05) is 31.3 Å². The van der Waals surface area contributed by atoms with Crippen LogP contribution >= 0.6 is 0 Å². The molecule has 0 aromatic heterocycles. The van der Waals surface area contributed by atoms with Gasteiger partial charge in [-0.3, -0.25) is 0 Å². The van der Waals surface area contributed by atoms with Crippen LogP contribution in [0, 0.1) is 0 Å². The first kappa shape index (κ1) is 21.1. The van der Waals surface area contributed by atoms with Crippen molar-refractivity contribution < 1.29 is 22.7 Å². The number of amides is 2. The highest BCUT2D eigenvalue weighted by Crippen LogP contribution is 2.52. The predicted molar refractivity (Wildman–Crippen MR) is 121 cm³/mol. The van der Waals surface area contributed by atoms with Gasteiger partial charge in [0.25, 0.3) is 0 Å². The van der Waals surface area contributed by atoms with Crippen molar-refractivity contribution in [3.63, 3.8) is 0 Å². The van der Waals surface area contributed by atoms with Crippen LogP contribution in [0.2, 0.25) is 0 Å². The molecule has 2 heterocycles. The zero-order chi connectivity index (χ0) is 22.5. The number of sulfone groups is 1. The number of anilines is 1. The molecule has 7 nitrogen and oxygen atoms in total. The predicted octanol–water partition coefficient (Wildman–Crippen LogP) is 4.28. The molecule has 3 aliphatic rings. The van der Waals surface area contributed by atoms with E-state index < -0.39 is 9.84 Å². The summed E-state index contributed by atoms with van der Waals surface area (Å²) in [6.07, 6.45) is 5.54. The molecule has 1 atom stereocenters. The number of carbonyl (C=O) groups is 1. The van der Waals surface area contributed by atoms with Crippen LogP contribution in [0.15, 0.2) is 41.3 Å². The number of nitrogens with zero attached hydrogens (tertiary/aromatic N) is 1. The Kier molecular flexibility index (Phi) is 5.08. The second-order valence-electron chi connectivity index (χ2n) is 9.10. The van der Waals surface area contributed by atoms with E-state index >= 15 is 0 Å². The largest absolute Gasteiger partial charge is 0.486 e. The molecule has 1 spiro atoms. The molecule has 1 aliphatic carbocycles. The van der Waals surface area contributed by atoms with Crippen molar-refractivity contribution in [2.24, 2.45) is 0 Å². The Labute approximate surface area is 188 Å². The standard InChI is InChI=1S/C24H28N2O5S/c1-16-19-13-21-22(31-12-11-30-21)14-20(19)24(9-3-4-10-24)15-26(16)23(27)25-17-5-7-18(8-6-17)32(2,28)29/h5-8,13-14,16H,3-4,9-12,15H2,1-2H3,(H,25,27). The molecular formula is C24H28N2O5S. The van der Waals surface area contributed by atoms with Crippen LogP contribution in [0.5, 0.6) is 11.5 Å². The second-order valence-corrected chi connectivity index (χ2v) is 11.1. The molecule has 8 heteroatoms. The fourth-order valence-corrected chi connectivity index (χ4v) is 5.96. The summed E-state index contributed by atoms with van der Waals surface area (Å²) in [6.45, 7) is 3.77. The van der Waals surface area contributed by atoms with Crippen molar-refractivity contribution >= 4 is 21.6 Å². The van der Waals surface area contributed by atoms with Gasteiger partial charge in [-0.25, -0.2) is 13.2 Å². The highest BCUT2D eigenvalue weighted by molar-refractivity contribution is 7.90. The van der Waals surface area contributed by atoms with E-state index in [4.69, 9.17) is 9.47 Å². The van der Waals surface area contributed by atoms with Crippen LogP contribution in [-0.4, -0.2) is 45.4 Å². The van der Waals surface area contributed by atoms with Gasteiger partial charge < -0.3 is 19.7 Å². The number of fused-ring (bicyclic) bond motifs is 3. The van der Waals surface area contributed by atoms with E-state index in [2.05, 4.69) is 17.4 Å². The summed E-state index contributed by atoms with van der Waals surface area (Å²) in [5.41, 5.74) is 2.90. The van der Waals surface area contributed by atoms with Crippen LogP contribution in [0.4, 0.5) is 10.5 Å². The van der Waals surface area contributed by atoms with Crippen molar-refractivity contribution in [1.82, 2.24) is 4.90 Å². The third-order valence-corrected chi connectivity index (χ3v) is 8.16. The molecule has 1 saturated carbocycles. The maximum atomic E-state index is 13.3. The molecule has 2 amide bonds. The minimum absolute atomic E-state index is 0.0742. The number of carbonyl (C=O) groups excluding carboxylic acids is 1. The Morgan fingerprint density at radius 2 is 1.69 bits per heavy atom. The minimum atomic E-state index is -3.28. The third kappa shape index (κ3) is 3.60. The van der Waals surface area contributed by atoms with Gasteiger partial charge in [-0.2, -0.15) is 0 Å². The molecule has 1 N–H and O–H groups in total. The summed E-state index contributed by atoms with van der Waals surface area (Å²) in [5, 5.41) is 2.96. The van der Waals surface area contributed by atoms with Crippen LogP contribution < -0.4 is 14.8 Å². The topological polar surface area (TPSA) is 84.9 Å². The zero-order valence-corrected chi connectivity index (χ0v) is 19.2. The SMILES string of the molecule is CC1c2cc3c(cc2C2(CCCC2)CN1C(=O)Nc1ccc(S(C)(=O)=O)cc1)OCCO3. The van der Waals surface area contributed by atoms with Crippen molar-refractivity contribution in [2.45, 2.75) is 49.0 Å². The highest BCUT2D eigenvalue weighted by Gasteiger charge is 2.46. The molecule has 2 aliphatic heterocycles. The molecule has 1 unspecified atom stereocenters. The Morgan fingerprint density at radius 1 is 1.06 bits per heavy atom. The van der Waals surface area contributed by atoms with Gasteiger partial charge in [-0.05, 0) is 67.3 Å². The van der Waals surface area contributed by atoms with Gasteiger partial charge in [0.15, 0.2) is 21.3 Å². The maximum absolute atomic E-state index is 13.3. The van der Waals surface area contributed by atoms with Crippen LogP contribution in [0.3, 0.4) is 0 Å². The summed E-state index contributed by atoms with van der Waals surface area (Å²) in [5.74, 6) is 1.55. The maximum Gasteiger partial charge on any atom is 0.322 e. The Morgan fingerprint density at radius 3 is 2.31 bits per heavy atom. The van der Waals surface area contributed by atoms with Gasteiger partial charge in [0.2, 0.25) is 0 Å². The average Bonchev–Trinajstić information content (AvgIpc) is 3.24. The Balaban J connectivity index is 1.46. The number of rotatable bonds is 2. The second kappa shape index (κ2) is 7.69. The van der Waals surface area contributed by atoms with Gasteiger partial charge in [0.05, 0.1) is 10.9 Å². The summed E-state index contributed by atoms with van der Waals surface area (Å²) in [6, 6.07) is 10.2. The third-order valence-electron chi connectivity index (χ3n) is 7.03. The number of hydrogen-bond donors (Lipinski definition) is 1. The van der Waals surface area contributed by atoms with E-state index in [-0.39, 0.29) is 22.4 Å². The molecule has 5 rings (SSSR count). The molecule has 1 fully saturated rings. The summed E-state index contributed by atoms with van der Waals surface area (Å²) < 4.78 is 35.1. The van der Waals surface area contributed by atoms with Crippen molar-refractivity contribution in [1.29, 1.82) is 0 Å². The van der Waals surface area contributed by atoms with Crippen LogP contribution in [0.1, 0.15) is 49.8 Å². The molecule has 0 radical (unpaired) electrons. The first-order chi connectivity index (χ1) is 15.3. The Hall–Kier alpha value is -2.74. The molecule has 32 heavy (non-hydrogen) atoms. The molecule has 0 bridgehead atoms. The van der Waals surface area contributed by atoms with Gasteiger partial charge >= 0.3 is 6.03 Å². The van der Waals surface area contributed by atoms with E-state index in [1.54, 1.807) is 12.1 Å². The molecule has 0 saturated heterocycles. The van der Waals surface area contributed by atoms with E-state index in [0.717, 1.165) is 42.7 Å². The monoisotopic (exact) mass is 456 g/mol. The van der Waals surface area contributed by atoms with E-state index in [9.17, 15) is 13.2 Å². The molecule has 2 aromatic carbocycles. The van der Waals surface area contributed by atoms with Gasteiger partial charge in [-0.1, -0.05) is 12.8 Å². The summed E-state index contributed by atoms with van der Waals surface area (Å²) in [7, 11) is -3.28. The van der Waals surface area contributed by atoms with Crippen molar-refractivity contribution in [3.8, 4) is 11.5 Å². The van der Waals surface area contributed by atoms with E-state index in [1.807, 2.05) is 11.8 Å². The quantitative estimate of drug-likeness (QED) is 0.729. The Bertz CT molecular complexity index is 1150. The van der Waals surface area contributed by atoms with Crippen LogP contribution in [0.25, 0.3) is 0 Å². The number of nitrogens with one attached hydrogen (secondary N) is 1. The molecule has 2 aromatic rings. The first-order valence-corrected chi connectivity index (χ1v) is 13.0. The fraction of sp³-hybridized carbons (Fsp3) is 0.458. The lowest BCUT2D eigenvalue weighted by molar-refractivity contribution is 0.149. The molecular weight excluding hydrogens is 428 g/mol. The zero-order valence-electron chi connectivity index (χ0n) is 18.4. The highest BCUT2D eigenvalue weighted by atomic mass is 32.2. The number of hydrogen-bond acceptors (Lipinski definition) is 5. The lowest BCUT2D eigenvalue weighted by atomic mass is 9.71. The van der Waals surface area contributed by atoms with E-state index in [1.165, 1.54) is 24.0 Å². The summed E-state index contributed by atoms with van der Waals surface area (Å²) >= 11 is 0. The molecule has 170 valence electrons. The number of benzene rings is 2. The van der Waals surface area contributed by atoms with Gasteiger partial charge in [0.1, 0.15) is 13.2 Å². The van der Waals surface area contributed by atoms with Crippen LogP contribution in [-0.2, 0) is 15.3 Å². The van der Waals surface area contributed by atoms with Gasteiger partial charge in [-0.15, -0.1) is 0 Å². The smallest absolute Gasteiger partial charge is 0.322 e. The lowest BCUT2D eigenvalue weighted by Crippen LogP contribution is -2.50. The lowest BCUT2D eigenvalue weighted by Gasteiger charge is -2.46. The normalized spacial score (nSPS) is 21.3. The number of urea groups is 1. The van der Waals surface area contributed by atoms with E-state index in [0.29, 0.717) is 25.4 Å². The van der Waals surface area contributed by atoms with Gasteiger partial charge in [0, 0.05) is 23.9 Å².